The molecule has 5 heteroatoms. The molecule has 1 saturated carbocycles. The minimum atomic E-state index is -2.96. The Morgan fingerprint density at radius 1 is 1.17 bits per heavy atom. The van der Waals surface area contributed by atoms with E-state index in [1.165, 1.54) is 0 Å². The smallest absolute Gasteiger partial charge is 0.224 e. The molecule has 1 aliphatic carbocycles. The number of sulfone groups is 1. The third-order valence-corrected chi connectivity index (χ3v) is 6.91. The average Bonchev–Trinajstić information content (AvgIpc) is 2.54. The van der Waals surface area contributed by atoms with Crippen LogP contribution in [0.5, 0.6) is 0 Å². The van der Waals surface area contributed by atoms with Crippen molar-refractivity contribution in [3.8, 4) is 0 Å². The van der Waals surface area contributed by atoms with E-state index in [9.17, 15) is 13.2 Å². The molecule has 0 aromatic carbocycles. The van der Waals surface area contributed by atoms with Gasteiger partial charge in [-0.2, -0.15) is 0 Å². The first-order chi connectivity index (χ1) is 8.08. The molecule has 0 aromatic heterocycles. The lowest BCUT2D eigenvalue weighted by molar-refractivity contribution is -0.124. The van der Waals surface area contributed by atoms with Crippen LogP contribution in [0.4, 0.5) is 0 Å². The van der Waals surface area contributed by atoms with E-state index in [1.54, 1.807) is 0 Å². The number of hydrogen-bond donors (Lipinski definition) is 1. The molecule has 0 unspecified atom stereocenters. The van der Waals surface area contributed by atoms with Crippen LogP contribution in [-0.4, -0.2) is 31.9 Å². The van der Waals surface area contributed by atoms with E-state index in [1.807, 2.05) is 0 Å². The molecule has 2 aliphatic rings. The summed E-state index contributed by atoms with van der Waals surface area (Å²) in [6, 6.07) is -0.191. The summed E-state index contributed by atoms with van der Waals surface area (Å²) in [7, 11) is -2.96. The van der Waals surface area contributed by atoms with Crippen LogP contribution in [0.15, 0.2) is 0 Å². The van der Waals surface area contributed by atoms with Crippen molar-refractivity contribution in [2.24, 2.45) is 16.7 Å². The molecule has 1 aliphatic heterocycles. The summed E-state index contributed by atoms with van der Waals surface area (Å²) in [5, 5.41) is 2.93. The number of rotatable bonds is 2. The second-order valence-electron chi connectivity index (χ2n) is 6.84. The third-order valence-electron chi connectivity index (χ3n) is 5.09. The maximum Gasteiger partial charge on any atom is 0.224 e. The Bertz CT molecular complexity index is 451. The predicted octanol–water partition coefficient (Wildman–Crippen LogP) is 1.36. The molecule has 1 heterocycles. The van der Waals surface area contributed by atoms with Crippen LogP contribution in [0.1, 0.15) is 40.5 Å². The van der Waals surface area contributed by atoms with Gasteiger partial charge in [0, 0.05) is 12.0 Å². The number of carbonyl (C=O) groups excluding carboxylic acids is 1. The minimum absolute atomic E-state index is 0.00459. The van der Waals surface area contributed by atoms with Crippen LogP contribution in [0.2, 0.25) is 0 Å². The van der Waals surface area contributed by atoms with Crippen LogP contribution >= 0.6 is 0 Å². The third kappa shape index (κ3) is 2.17. The summed E-state index contributed by atoms with van der Waals surface area (Å²) >= 11 is 0. The van der Waals surface area contributed by atoms with Crippen molar-refractivity contribution in [1.82, 2.24) is 5.32 Å². The van der Waals surface area contributed by atoms with Gasteiger partial charge in [0.2, 0.25) is 5.91 Å². The Labute approximate surface area is 109 Å². The van der Waals surface area contributed by atoms with Crippen LogP contribution in [0.3, 0.4) is 0 Å². The Morgan fingerprint density at radius 3 is 2.17 bits per heavy atom. The molecule has 2 fully saturated rings. The van der Waals surface area contributed by atoms with Gasteiger partial charge < -0.3 is 5.32 Å². The van der Waals surface area contributed by atoms with Crippen molar-refractivity contribution < 1.29 is 13.2 Å². The molecular weight excluding hydrogens is 250 g/mol. The van der Waals surface area contributed by atoms with Gasteiger partial charge in [-0.1, -0.05) is 27.7 Å². The van der Waals surface area contributed by atoms with Crippen LogP contribution in [0.25, 0.3) is 0 Å². The largest absolute Gasteiger partial charge is 0.352 e. The number of amides is 1. The highest BCUT2D eigenvalue weighted by molar-refractivity contribution is 7.91. The molecular formula is C13H23NO3S. The highest BCUT2D eigenvalue weighted by atomic mass is 32.2. The molecule has 2 rings (SSSR count). The lowest BCUT2D eigenvalue weighted by Gasteiger charge is -2.23. The quantitative estimate of drug-likeness (QED) is 0.826. The molecule has 104 valence electrons. The molecule has 1 atom stereocenters. The fourth-order valence-electron chi connectivity index (χ4n) is 3.27. The fraction of sp³-hybridized carbons (Fsp3) is 0.923. The monoisotopic (exact) mass is 273 g/mol. The van der Waals surface area contributed by atoms with Crippen molar-refractivity contribution in [3.05, 3.63) is 0 Å². The van der Waals surface area contributed by atoms with E-state index >= 15 is 0 Å². The topological polar surface area (TPSA) is 63.2 Å². The molecule has 0 bridgehead atoms. The van der Waals surface area contributed by atoms with Gasteiger partial charge in [0.1, 0.15) is 0 Å². The molecule has 18 heavy (non-hydrogen) atoms. The molecule has 0 spiro atoms. The second kappa shape index (κ2) is 3.95. The standard InChI is InChI=1S/C13H23NO3S/c1-12(2)10(13(12,3)4)11(15)14-9-6-5-7-18(16,17)8-9/h9-10H,5-8H2,1-4H3,(H,14,15)/t9-/m0/s1. The summed E-state index contributed by atoms with van der Waals surface area (Å²) in [5.41, 5.74) is 0.00918. The summed E-state index contributed by atoms with van der Waals surface area (Å²) < 4.78 is 23.1. The van der Waals surface area contributed by atoms with Gasteiger partial charge in [-0.25, -0.2) is 8.42 Å². The van der Waals surface area contributed by atoms with Crippen molar-refractivity contribution in [2.75, 3.05) is 11.5 Å². The van der Waals surface area contributed by atoms with E-state index < -0.39 is 9.84 Å². The van der Waals surface area contributed by atoms with Gasteiger partial charge in [-0.15, -0.1) is 0 Å². The lowest BCUT2D eigenvalue weighted by Crippen LogP contribution is -2.44. The number of hydrogen-bond acceptors (Lipinski definition) is 3. The zero-order valence-corrected chi connectivity index (χ0v) is 12.4. The van der Waals surface area contributed by atoms with Crippen molar-refractivity contribution in [3.63, 3.8) is 0 Å². The van der Waals surface area contributed by atoms with Crippen LogP contribution < -0.4 is 5.32 Å². The first-order valence-corrected chi connectivity index (χ1v) is 8.41. The van der Waals surface area contributed by atoms with Crippen molar-refractivity contribution in [2.45, 2.75) is 46.6 Å². The summed E-state index contributed by atoms with van der Waals surface area (Å²) in [6.45, 7) is 8.37. The summed E-state index contributed by atoms with van der Waals surface area (Å²) in [5.74, 6) is 0.383. The van der Waals surface area contributed by atoms with E-state index in [-0.39, 0.29) is 40.2 Å². The molecule has 0 radical (unpaired) electrons. The van der Waals surface area contributed by atoms with Gasteiger partial charge in [0.25, 0.3) is 0 Å². The van der Waals surface area contributed by atoms with Gasteiger partial charge >= 0.3 is 0 Å². The van der Waals surface area contributed by atoms with E-state index in [0.29, 0.717) is 6.42 Å². The number of carbonyl (C=O) groups is 1. The van der Waals surface area contributed by atoms with Crippen molar-refractivity contribution >= 4 is 15.7 Å². The van der Waals surface area contributed by atoms with Gasteiger partial charge in [-0.05, 0) is 23.7 Å². The summed E-state index contributed by atoms with van der Waals surface area (Å²) in [6.07, 6.45) is 1.43. The molecule has 1 saturated heterocycles. The fourth-order valence-corrected chi connectivity index (χ4v) is 4.91. The average molecular weight is 273 g/mol. The Morgan fingerprint density at radius 2 is 1.72 bits per heavy atom. The normalized spacial score (nSPS) is 32.8. The Balaban J connectivity index is 1.98. The first kappa shape index (κ1) is 13.8. The van der Waals surface area contributed by atoms with E-state index in [0.717, 1.165) is 6.42 Å². The Kier molecular flexibility index (Phi) is 3.04. The Hall–Kier alpha value is -0.580. The predicted molar refractivity (Wildman–Crippen MR) is 70.9 cm³/mol. The first-order valence-electron chi connectivity index (χ1n) is 6.59. The highest BCUT2D eigenvalue weighted by Gasteiger charge is 2.68. The lowest BCUT2D eigenvalue weighted by atomic mass is 10.0. The number of nitrogens with one attached hydrogen (secondary N) is 1. The second-order valence-corrected chi connectivity index (χ2v) is 9.07. The van der Waals surface area contributed by atoms with E-state index in [2.05, 4.69) is 33.0 Å². The maximum atomic E-state index is 12.2. The van der Waals surface area contributed by atoms with Gasteiger partial charge in [0.05, 0.1) is 11.5 Å². The zero-order chi connectivity index (χ0) is 13.8. The maximum absolute atomic E-state index is 12.2. The van der Waals surface area contributed by atoms with Gasteiger partial charge in [-0.3, -0.25) is 4.79 Å². The molecule has 4 nitrogen and oxygen atoms in total. The van der Waals surface area contributed by atoms with E-state index in [4.69, 9.17) is 0 Å². The van der Waals surface area contributed by atoms with Crippen LogP contribution in [-0.2, 0) is 14.6 Å². The van der Waals surface area contributed by atoms with Crippen LogP contribution in [0, 0.1) is 16.7 Å². The zero-order valence-electron chi connectivity index (χ0n) is 11.6. The van der Waals surface area contributed by atoms with Crippen molar-refractivity contribution in [1.29, 1.82) is 0 Å². The molecule has 1 N–H and O–H groups in total. The van der Waals surface area contributed by atoms with Gasteiger partial charge in [0.15, 0.2) is 9.84 Å². The summed E-state index contributed by atoms with van der Waals surface area (Å²) in [4.78, 5) is 12.2. The minimum Gasteiger partial charge on any atom is -0.352 e. The SMILES string of the molecule is CC1(C)C(C(=O)N[C@H]2CCCS(=O)(=O)C2)C1(C)C. The molecule has 1 amide bonds. The highest BCUT2D eigenvalue weighted by Crippen LogP contribution is 2.68. The molecule has 0 aromatic rings.